The lowest BCUT2D eigenvalue weighted by molar-refractivity contribution is 0.415. The number of aromatic nitrogens is 2. The minimum absolute atomic E-state index is 0.531. The van der Waals surface area contributed by atoms with Gasteiger partial charge >= 0.3 is 0 Å². The molecule has 0 N–H and O–H groups in total. The quantitative estimate of drug-likeness (QED) is 0.657. The summed E-state index contributed by atoms with van der Waals surface area (Å²) in [7, 11) is 1.66. The Hall–Kier alpha value is -1.97. The van der Waals surface area contributed by atoms with E-state index in [9.17, 15) is 0 Å². The molecule has 2 aromatic carbocycles. The standard InChI is InChI=1S/C17H12Cl2N2O/c1-22-12-7-10-3-2-6-21-16(10)15(9-12)20-17(21)11-4-5-13(18)14(19)8-11/h2-5,7-9H,6H2,1H3. The number of nitrogens with zero attached hydrogens (tertiary/aromatic N) is 2. The van der Waals surface area contributed by atoms with Gasteiger partial charge < -0.3 is 9.30 Å². The first kappa shape index (κ1) is 13.7. The lowest BCUT2D eigenvalue weighted by Crippen LogP contribution is -2.02. The van der Waals surface area contributed by atoms with Crippen LogP contribution in [0.25, 0.3) is 28.5 Å². The summed E-state index contributed by atoms with van der Waals surface area (Å²) in [6.07, 6.45) is 4.22. The van der Waals surface area contributed by atoms with Gasteiger partial charge in [0.05, 0.1) is 28.2 Å². The number of methoxy groups -OCH3 is 1. The summed E-state index contributed by atoms with van der Waals surface area (Å²) in [5, 5.41) is 1.07. The second-order valence-electron chi connectivity index (χ2n) is 5.16. The van der Waals surface area contributed by atoms with Crippen LogP contribution >= 0.6 is 23.2 Å². The van der Waals surface area contributed by atoms with Gasteiger partial charge in [0.1, 0.15) is 11.6 Å². The summed E-state index contributed by atoms with van der Waals surface area (Å²) in [6.45, 7) is 0.783. The molecule has 4 rings (SSSR count). The Bertz CT molecular complexity index is 928. The number of allylic oxidation sites excluding steroid dienone is 1. The Morgan fingerprint density at radius 3 is 2.77 bits per heavy atom. The fraction of sp³-hybridized carbons (Fsp3) is 0.118. The fourth-order valence-corrected chi connectivity index (χ4v) is 3.14. The average Bonchev–Trinajstić information content (AvgIpc) is 2.90. The molecule has 0 spiro atoms. The van der Waals surface area contributed by atoms with E-state index in [-0.39, 0.29) is 0 Å². The summed E-state index contributed by atoms with van der Waals surface area (Å²) in [6, 6.07) is 9.56. The Morgan fingerprint density at radius 1 is 1.14 bits per heavy atom. The normalized spacial score (nSPS) is 12.9. The minimum atomic E-state index is 0.531. The number of halogens is 2. The van der Waals surface area contributed by atoms with Gasteiger partial charge in [-0.05, 0) is 24.3 Å². The third kappa shape index (κ3) is 2.01. The van der Waals surface area contributed by atoms with Crippen molar-refractivity contribution in [1.82, 2.24) is 9.55 Å². The molecule has 0 radical (unpaired) electrons. The maximum Gasteiger partial charge on any atom is 0.141 e. The number of hydrogen-bond acceptors (Lipinski definition) is 2. The van der Waals surface area contributed by atoms with Crippen molar-refractivity contribution in [3.63, 3.8) is 0 Å². The van der Waals surface area contributed by atoms with Crippen LogP contribution in [0.3, 0.4) is 0 Å². The van der Waals surface area contributed by atoms with Gasteiger partial charge in [-0.1, -0.05) is 35.4 Å². The fourth-order valence-electron chi connectivity index (χ4n) is 2.84. The molecule has 3 nitrogen and oxygen atoms in total. The molecule has 0 amide bonds. The van der Waals surface area contributed by atoms with Gasteiger partial charge in [-0.25, -0.2) is 4.98 Å². The van der Waals surface area contributed by atoms with Crippen molar-refractivity contribution in [3.05, 3.63) is 52.0 Å². The van der Waals surface area contributed by atoms with Crippen molar-refractivity contribution in [2.75, 3.05) is 7.11 Å². The Morgan fingerprint density at radius 2 is 2.00 bits per heavy atom. The molecule has 2 heterocycles. The molecule has 0 saturated carbocycles. The summed E-state index contributed by atoms with van der Waals surface area (Å²) in [4.78, 5) is 4.78. The second kappa shape index (κ2) is 5.04. The zero-order valence-corrected chi connectivity index (χ0v) is 13.3. The van der Waals surface area contributed by atoms with Crippen molar-refractivity contribution < 1.29 is 4.74 Å². The summed E-state index contributed by atoms with van der Waals surface area (Å²) >= 11 is 12.2. The molecule has 0 atom stereocenters. The zero-order chi connectivity index (χ0) is 15.3. The highest BCUT2D eigenvalue weighted by Crippen LogP contribution is 2.35. The number of hydrogen-bond donors (Lipinski definition) is 0. The molecule has 110 valence electrons. The highest BCUT2D eigenvalue weighted by molar-refractivity contribution is 6.42. The van der Waals surface area contributed by atoms with Crippen LogP contribution in [0.15, 0.2) is 36.4 Å². The van der Waals surface area contributed by atoms with Crippen LogP contribution in [0.4, 0.5) is 0 Å². The lowest BCUT2D eigenvalue weighted by Gasteiger charge is -2.13. The van der Waals surface area contributed by atoms with E-state index in [2.05, 4.69) is 16.7 Å². The maximum atomic E-state index is 6.15. The molecule has 1 aliphatic rings. The van der Waals surface area contributed by atoms with Crippen LogP contribution in [0.1, 0.15) is 5.56 Å². The Balaban J connectivity index is 2.00. The zero-order valence-electron chi connectivity index (χ0n) is 11.8. The van der Waals surface area contributed by atoms with Gasteiger partial charge in [-0.3, -0.25) is 0 Å². The molecule has 0 bridgehead atoms. The van der Waals surface area contributed by atoms with Crippen LogP contribution in [0.5, 0.6) is 5.75 Å². The summed E-state index contributed by atoms with van der Waals surface area (Å²) in [5.41, 5.74) is 4.09. The first-order valence-electron chi connectivity index (χ1n) is 6.87. The van der Waals surface area contributed by atoms with E-state index in [4.69, 9.17) is 32.9 Å². The molecule has 1 aliphatic heterocycles. The van der Waals surface area contributed by atoms with E-state index in [0.717, 1.165) is 40.3 Å². The lowest BCUT2D eigenvalue weighted by atomic mass is 10.1. The smallest absolute Gasteiger partial charge is 0.141 e. The molecule has 0 fully saturated rings. The molecule has 0 saturated heterocycles. The molecule has 0 aliphatic carbocycles. The molecular formula is C17H12Cl2N2O. The van der Waals surface area contributed by atoms with Gasteiger partial charge in [-0.2, -0.15) is 0 Å². The third-order valence-corrected chi connectivity index (χ3v) is 4.58. The number of imidazole rings is 1. The van der Waals surface area contributed by atoms with Crippen LogP contribution in [0, 0.1) is 0 Å². The van der Waals surface area contributed by atoms with Crippen molar-refractivity contribution in [2.24, 2.45) is 0 Å². The van der Waals surface area contributed by atoms with E-state index in [1.165, 1.54) is 0 Å². The maximum absolute atomic E-state index is 6.15. The van der Waals surface area contributed by atoms with Crippen LogP contribution in [0.2, 0.25) is 10.0 Å². The summed E-state index contributed by atoms with van der Waals surface area (Å²) in [5.74, 6) is 1.69. The van der Waals surface area contributed by atoms with Gasteiger partial charge in [-0.15, -0.1) is 0 Å². The summed E-state index contributed by atoms with van der Waals surface area (Å²) < 4.78 is 7.54. The van der Waals surface area contributed by atoms with E-state index in [1.807, 2.05) is 24.3 Å². The highest BCUT2D eigenvalue weighted by atomic mass is 35.5. The van der Waals surface area contributed by atoms with Crippen LogP contribution in [-0.4, -0.2) is 16.7 Å². The molecule has 1 aromatic heterocycles. The van der Waals surface area contributed by atoms with Gasteiger partial charge in [0, 0.05) is 23.7 Å². The monoisotopic (exact) mass is 330 g/mol. The molecular weight excluding hydrogens is 319 g/mol. The topological polar surface area (TPSA) is 27.1 Å². The minimum Gasteiger partial charge on any atom is -0.497 e. The largest absolute Gasteiger partial charge is 0.497 e. The highest BCUT2D eigenvalue weighted by Gasteiger charge is 2.18. The molecule has 22 heavy (non-hydrogen) atoms. The SMILES string of the molecule is COc1cc2c3c(c1)nc(-c1ccc(Cl)c(Cl)c1)n3CC=C2. The predicted molar refractivity (Wildman–Crippen MR) is 90.8 cm³/mol. The van der Waals surface area contributed by atoms with Crippen LogP contribution < -0.4 is 4.74 Å². The number of benzene rings is 2. The molecule has 3 aromatic rings. The van der Waals surface area contributed by atoms with E-state index < -0.39 is 0 Å². The molecule has 0 unspecified atom stereocenters. The Kier molecular flexibility index (Phi) is 3.13. The molecule has 5 heteroatoms. The van der Waals surface area contributed by atoms with Crippen LogP contribution in [-0.2, 0) is 6.54 Å². The predicted octanol–water partition coefficient (Wildman–Crippen LogP) is 5.05. The second-order valence-corrected chi connectivity index (χ2v) is 5.98. The van der Waals surface area contributed by atoms with Crippen molar-refractivity contribution >= 4 is 40.3 Å². The van der Waals surface area contributed by atoms with E-state index in [0.29, 0.717) is 10.0 Å². The van der Waals surface area contributed by atoms with E-state index >= 15 is 0 Å². The van der Waals surface area contributed by atoms with Gasteiger partial charge in [0.25, 0.3) is 0 Å². The average molecular weight is 331 g/mol. The Labute approximate surface area is 137 Å². The van der Waals surface area contributed by atoms with Crippen molar-refractivity contribution in [2.45, 2.75) is 6.54 Å². The number of rotatable bonds is 2. The first-order valence-corrected chi connectivity index (χ1v) is 7.63. The number of ether oxygens (including phenoxy) is 1. The van der Waals surface area contributed by atoms with Crippen molar-refractivity contribution in [1.29, 1.82) is 0 Å². The van der Waals surface area contributed by atoms with Gasteiger partial charge in [0.2, 0.25) is 0 Å². The van der Waals surface area contributed by atoms with E-state index in [1.54, 1.807) is 13.2 Å². The van der Waals surface area contributed by atoms with Gasteiger partial charge in [0.15, 0.2) is 0 Å². The third-order valence-electron chi connectivity index (χ3n) is 3.84. The first-order chi connectivity index (χ1) is 10.7. The van der Waals surface area contributed by atoms with Crippen molar-refractivity contribution in [3.8, 4) is 17.1 Å².